The predicted molar refractivity (Wildman–Crippen MR) is 112 cm³/mol. The smallest absolute Gasteiger partial charge is 0.229 e. The molecule has 2 aromatic heterocycles. The van der Waals surface area contributed by atoms with E-state index in [1.54, 1.807) is 6.20 Å². The molecule has 0 aliphatic rings. The summed E-state index contributed by atoms with van der Waals surface area (Å²) in [5.74, 6) is 0.628. The molecule has 0 saturated heterocycles. The van der Waals surface area contributed by atoms with Gasteiger partial charge in [0, 0.05) is 17.7 Å². The van der Waals surface area contributed by atoms with E-state index in [1.807, 2.05) is 26.8 Å². The third-order valence-electron chi connectivity index (χ3n) is 4.85. The average Bonchev–Trinajstić information content (AvgIpc) is 2.89. The number of carbonyl (C=O) groups is 1. The minimum absolute atomic E-state index is 0.0822. The van der Waals surface area contributed by atoms with Crippen molar-refractivity contribution in [3.05, 3.63) is 22.5 Å². The van der Waals surface area contributed by atoms with Gasteiger partial charge in [0.15, 0.2) is 13.9 Å². The van der Waals surface area contributed by atoms with Crippen LogP contribution in [-0.2, 0) is 15.8 Å². The van der Waals surface area contributed by atoms with Crippen molar-refractivity contribution >= 4 is 46.9 Å². The molecular weight excluding hydrogens is 412 g/mol. The number of hydrogen-bond donors (Lipinski definition) is 1. The van der Waals surface area contributed by atoms with Gasteiger partial charge in [-0.25, -0.2) is 0 Å². The Balaban J connectivity index is 2.31. The van der Waals surface area contributed by atoms with Crippen LogP contribution < -0.4 is 5.32 Å². The number of rotatable bonds is 4. The number of anilines is 1. The van der Waals surface area contributed by atoms with Gasteiger partial charge in [-0.1, -0.05) is 41.5 Å². The number of halogens is 1. The van der Waals surface area contributed by atoms with Crippen LogP contribution in [0.5, 0.6) is 0 Å². The van der Waals surface area contributed by atoms with E-state index >= 15 is 0 Å². The quantitative estimate of drug-likeness (QED) is 0.583. The third-order valence-corrected chi connectivity index (χ3v) is 9.93. The molecule has 1 N–H and O–H groups in total. The van der Waals surface area contributed by atoms with Crippen LogP contribution in [0.4, 0.5) is 5.69 Å². The lowest BCUT2D eigenvalue weighted by Crippen LogP contribution is -2.40. The van der Waals surface area contributed by atoms with Gasteiger partial charge in [-0.3, -0.25) is 9.78 Å². The average molecular weight is 441 g/mol. The minimum Gasteiger partial charge on any atom is -0.455 e. The first-order valence-electron chi connectivity index (χ1n) is 8.75. The standard InChI is InChI=1S/C19H29BrN2O3Si/c1-18(2,3)17(23)22-15-13(20)10-21-14-9-12(25-16(14)15)11-24-26(7,8)19(4,5)6/h9-10H,11H2,1-8H3,(H,21,22,23). The SMILES string of the molecule is CC(C)(C)C(=O)Nc1c(Br)cnc2cc(CO[Si](C)(C)C(C)(C)C)oc12. The Bertz CT molecular complexity index is 817. The van der Waals surface area contributed by atoms with Crippen molar-refractivity contribution in [1.29, 1.82) is 0 Å². The molecule has 5 nitrogen and oxygen atoms in total. The molecule has 144 valence electrons. The number of furan rings is 1. The zero-order valence-electron chi connectivity index (χ0n) is 16.9. The van der Waals surface area contributed by atoms with Gasteiger partial charge in [0.05, 0.1) is 11.1 Å². The van der Waals surface area contributed by atoms with Gasteiger partial charge in [0.25, 0.3) is 0 Å². The van der Waals surface area contributed by atoms with Gasteiger partial charge in [0.2, 0.25) is 5.91 Å². The second-order valence-corrected chi connectivity index (χ2v) is 14.8. The molecule has 2 rings (SSSR count). The molecule has 0 radical (unpaired) electrons. The number of amides is 1. The maximum atomic E-state index is 12.4. The fourth-order valence-corrected chi connectivity index (χ4v) is 3.28. The maximum Gasteiger partial charge on any atom is 0.229 e. The molecule has 1 amide bonds. The number of aromatic nitrogens is 1. The summed E-state index contributed by atoms with van der Waals surface area (Å²) in [6, 6.07) is 1.88. The van der Waals surface area contributed by atoms with Gasteiger partial charge in [-0.15, -0.1) is 0 Å². The predicted octanol–water partition coefficient (Wildman–Crippen LogP) is 6.10. The molecular formula is C19H29BrN2O3Si. The third kappa shape index (κ3) is 4.56. The number of nitrogens with one attached hydrogen (secondary N) is 1. The molecule has 0 atom stereocenters. The van der Waals surface area contributed by atoms with E-state index in [0.29, 0.717) is 33.6 Å². The summed E-state index contributed by atoms with van der Waals surface area (Å²) in [6.45, 7) is 17.0. The van der Waals surface area contributed by atoms with Gasteiger partial charge in [0.1, 0.15) is 17.0 Å². The highest BCUT2D eigenvalue weighted by Gasteiger charge is 2.37. The largest absolute Gasteiger partial charge is 0.455 e. The van der Waals surface area contributed by atoms with Crippen molar-refractivity contribution in [2.75, 3.05) is 5.32 Å². The van der Waals surface area contributed by atoms with Crippen molar-refractivity contribution < 1.29 is 13.6 Å². The Labute approximate surface area is 165 Å². The van der Waals surface area contributed by atoms with Gasteiger partial charge in [-0.2, -0.15) is 0 Å². The van der Waals surface area contributed by atoms with Crippen LogP contribution in [0.2, 0.25) is 18.1 Å². The number of pyridine rings is 1. The van der Waals surface area contributed by atoms with E-state index < -0.39 is 13.7 Å². The highest BCUT2D eigenvalue weighted by Crippen LogP contribution is 2.38. The molecule has 26 heavy (non-hydrogen) atoms. The summed E-state index contributed by atoms with van der Waals surface area (Å²) in [5.41, 5.74) is 1.36. The van der Waals surface area contributed by atoms with Crippen LogP contribution >= 0.6 is 15.9 Å². The van der Waals surface area contributed by atoms with Crippen LogP contribution in [0.3, 0.4) is 0 Å². The normalized spacial score (nSPS) is 13.3. The molecule has 0 aliphatic carbocycles. The second kappa shape index (κ2) is 7.09. The summed E-state index contributed by atoms with van der Waals surface area (Å²) in [5, 5.41) is 3.08. The van der Waals surface area contributed by atoms with Crippen molar-refractivity contribution in [2.45, 2.75) is 66.3 Å². The van der Waals surface area contributed by atoms with E-state index in [9.17, 15) is 4.79 Å². The molecule has 0 spiro atoms. The maximum absolute atomic E-state index is 12.4. The van der Waals surface area contributed by atoms with Crippen molar-refractivity contribution in [1.82, 2.24) is 4.98 Å². The monoisotopic (exact) mass is 440 g/mol. The lowest BCUT2D eigenvalue weighted by molar-refractivity contribution is -0.123. The number of fused-ring (bicyclic) bond motifs is 1. The van der Waals surface area contributed by atoms with Crippen LogP contribution in [0.15, 0.2) is 21.2 Å². The van der Waals surface area contributed by atoms with Crippen LogP contribution in [0, 0.1) is 5.41 Å². The molecule has 2 aromatic rings. The number of hydrogen-bond acceptors (Lipinski definition) is 4. The first kappa shape index (κ1) is 21.1. The molecule has 0 saturated carbocycles. The highest BCUT2D eigenvalue weighted by atomic mass is 79.9. The Morgan fingerprint density at radius 3 is 2.42 bits per heavy atom. The molecule has 0 unspecified atom stereocenters. The molecule has 7 heteroatoms. The van der Waals surface area contributed by atoms with E-state index in [-0.39, 0.29) is 10.9 Å². The topological polar surface area (TPSA) is 64.4 Å². The fraction of sp³-hybridized carbons (Fsp3) is 0.579. The van der Waals surface area contributed by atoms with Crippen molar-refractivity contribution in [3.63, 3.8) is 0 Å². The summed E-state index contributed by atoms with van der Waals surface area (Å²) < 4.78 is 12.9. The molecule has 0 aliphatic heterocycles. The zero-order valence-corrected chi connectivity index (χ0v) is 19.5. The summed E-state index contributed by atoms with van der Waals surface area (Å²) in [6.07, 6.45) is 1.68. The first-order valence-corrected chi connectivity index (χ1v) is 12.4. The van der Waals surface area contributed by atoms with Crippen LogP contribution in [-0.4, -0.2) is 19.2 Å². The number of nitrogens with zero attached hydrogens (tertiary/aromatic N) is 1. The van der Waals surface area contributed by atoms with Crippen molar-refractivity contribution in [3.8, 4) is 0 Å². The van der Waals surface area contributed by atoms with E-state index in [2.05, 4.69) is 60.1 Å². The molecule has 0 aromatic carbocycles. The summed E-state index contributed by atoms with van der Waals surface area (Å²) in [4.78, 5) is 16.8. The van der Waals surface area contributed by atoms with Crippen molar-refractivity contribution in [2.24, 2.45) is 5.41 Å². The number of carbonyl (C=O) groups excluding carboxylic acids is 1. The summed E-state index contributed by atoms with van der Waals surface area (Å²) in [7, 11) is -1.87. The van der Waals surface area contributed by atoms with Gasteiger partial charge < -0.3 is 14.2 Å². The minimum atomic E-state index is -1.87. The lowest BCUT2D eigenvalue weighted by atomic mass is 9.95. The van der Waals surface area contributed by atoms with E-state index in [1.165, 1.54) is 0 Å². The van der Waals surface area contributed by atoms with Gasteiger partial charge in [-0.05, 0) is 34.1 Å². The second-order valence-electron chi connectivity index (χ2n) is 9.16. The fourth-order valence-electron chi connectivity index (χ4n) is 1.96. The Hall–Kier alpha value is -1.18. The van der Waals surface area contributed by atoms with E-state index in [0.717, 1.165) is 0 Å². The zero-order chi connectivity index (χ0) is 19.9. The van der Waals surface area contributed by atoms with Gasteiger partial charge >= 0.3 is 0 Å². The Morgan fingerprint density at radius 2 is 1.88 bits per heavy atom. The first-order chi connectivity index (χ1) is 11.7. The van der Waals surface area contributed by atoms with E-state index in [4.69, 9.17) is 8.84 Å². The van der Waals surface area contributed by atoms with Crippen LogP contribution in [0.1, 0.15) is 47.3 Å². The lowest BCUT2D eigenvalue weighted by Gasteiger charge is -2.35. The Morgan fingerprint density at radius 1 is 1.27 bits per heavy atom. The molecule has 2 heterocycles. The molecule has 0 fully saturated rings. The van der Waals surface area contributed by atoms with Crippen LogP contribution in [0.25, 0.3) is 11.1 Å². The Kier molecular flexibility index (Phi) is 5.76. The summed E-state index contributed by atoms with van der Waals surface area (Å²) >= 11 is 3.46. The highest BCUT2D eigenvalue weighted by molar-refractivity contribution is 9.10. The molecule has 0 bridgehead atoms.